The zero-order valence-electron chi connectivity index (χ0n) is 9.30. The molecule has 0 fully saturated rings. The quantitative estimate of drug-likeness (QED) is 0.317. The van der Waals surface area contributed by atoms with E-state index < -0.39 is 23.3 Å². The van der Waals surface area contributed by atoms with Gasteiger partial charge in [0.25, 0.3) is 0 Å². The van der Waals surface area contributed by atoms with Crippen molar-refractivity contribution in [2.75, 3.05) is 0 Å². The molecule has 0 aliphatic carbocycles. The summed E-state index contributed by atoms with van der Waals surface area (Å²) in [5.41, 5.74) is 1.79. The summed E-state index contributed by atoms with van der Waals surface area (Å²) in [7, 11) is -12.2. The lowest BCUT2D eigenvalue weighted by Crippen LogP contribution is -2.35. The Morgan fingerprint density at radius 3 is 1.47 bits per heavy atom. The lowest BCUT2D eigenvalue weighted by Gasteiger charge is -2.36. The Morgan fingerprint density at radius 2 is 1.27 bits per heavy atom. The van der Waals surface area contributed by atoms with E-state index in [4.69, 9.17) is 0 Å². The fraction of sp³-hybridized carbons (Fsp3) is 0.750. The zero-order chi connectivity index (χ0) is 12.8. The molecule has 0 N–H and O–H groups in total. The minimum absolute atomic E-state index is 0.318. The van der Waals surface area contributed by atoms with Crippen molar-refractivity contribution >= 4 is 18.3 Å². The van der Waals surface area contributed by atoms with Gasteiger partial charge < -0.3 is 0 Å². The third-order valence-corrected chi connectivity index (χ3v) is 7.60. The van der Waals surface area contributed by atoms with Crippen LogP contribution in [0.4, 0.5) is 19.4 Å². The standard InChI is InChI=1S/C8H15F5SSi/c1-8(2,3)15(4,5)7-6-14(9,10,11,12)13/h1-5H3. The van der Waals surface area contributed by atoms with Crippen molar-refractivity contribution in [2.45, 2.75) is 38.9 Å². The monoisotopic (exact) mass is 266 g/mol. The SMILES string of the molecule is CC(C)(C)[Si](C)(C)C#CS(F)(F)(F)(F)F. The molecule has 0 aliphatic heterocycles. The van der Waals surface area contributed by atoms with Crippen LogP contribution < -0.4 is 0 Å². The van der Waals surface area contributed by atoms with Crippen LogP contribution in [0, 0.1) is 10.8 Å². The number of rotatable bonds is 0. The van der Waals surface area contributed by atoms with Gasteiger partial charge in [0.15, 0.2) is 0 Å². The first-order valence-electron chi connectivity index (χ1n) is 4.23. The molecule has 15 heavy (non-hydrogen) atoms. The maximum Gasteiger partial charge on any atom is 0.344 e. The molecule has 0 aromatic carbocycles. The van der Waals surface area contributed by atoms with Crippen molar-refractivity contribution in [1.82, 2.24) is 0 Å². The number of hydrogen-bond acceptors (Lipinski definition) is 0. The maximum atomic E-state index is 12.0. The first-order valence-corrected chi connectivity index (χ1v) is 9.18. The van der Waals surface area contributed by atoms with Gasteiger partial charge in [-0.3, -0.25) is 0 Å². The van der Waals surface area contributed by atoms with Gasteiger partial charge >= 0.3 is 10.2 Å². The molecule has 0 heterocycles. The van der Waals surface area contributed by atoms with Crippen molar-refractivity contribution in [1.29, 1.82) is 0 Å². The third-order valence-electron chi connectivity index (χ3n) is 2.43. The molecule has 0 aromatic rings. The molecule has 0 atom stereocenters. The van der Waals surface area contributed by atoms with E-state index in [9.17, 15) is 19.4 Å². The Balaban J connectivity index is 5.36. The summed E-state index contributed by atoms with van der Waals surface area (Å²) in [5, 5.41) is -0.151. The summed E-state index contributed by atoms with van der Waals surface area (Å²) >= 11 is 0. The molecule has 92 valence electrons. The van der Waals surface area contributed by atoms with E-state index in [2.05, 4.69) is 0 Å². The highest BCUT2D eigenvalue weighted by molar-refractivity contribution is 8.49. The summed E-state index contributed by atoms with van der Waals surface area (Å²) in [6.45, 7) is 8.21. The van der Waals surface area contributed by atoms with Gasteiger partial charge in [0, 0.05) is 0 Å². The van der Waals surface area contributed by atoms with Gasteiger partial charge in [-0.25, -0.2) is 0 Å². The molecule has 0 aromatic heterocycles. The second kappa shape index (κ2) is 2.72. The predicted octanol–water partition coefficient (Wildman–Crippen LogP) is 5.29. The van der Waals surface area contributed by atoms with Crippen molar-refractivity contribution < 1.29 is 19.4 Å². The topological polar surface area (TPSA) is 0 Å². The first-order chi connectivity index (χ1) is 5.93. The first kappa shape index (κ1) is 14.8. The van der Waals surface area contributed by atoms with E-state index in [1.165, 1.54) is 0 Å². The fourth-order valence-electron chi connectivity index (χ4n) is 0.412. The largest absolute Gasteiger partial charge is 0.344 e. The van der Waals surface area contributed by atoms with Crippen LogP contribution in [0.3, 0.4) is 0 Å². The molecule has 0 saturated carbocycles. The minimum atomic E-state index is -9.56. The van der Waals surface area contributed by atoms with E-state index in [0.29, 0.717) is 5.25 Å². The molecule has 0 nitrogen and oxygen atoms in total. The summed E-state index contributed by atoms with van der Waals surface area (Å²) in [5.74, 6) is 0. The Hall–Kier alpha value is -0.223. The average Bonchev–Trinajstić information content (AvgIpc) is 1.76. The number of hydrogen-bond donors (Lipinski definition) is 0. The van der Waals surface area contributed by atoms with Crippen molar-refractivity contribution in [3.63, 3.8) is 0 Å². The number of halogens is 5. The van der Waals surface area contributed by atoms with Crippen LogP contribution in [0.15, 0.2) is 0 Å². The molecule has 0 unspecified atom stereocenters. The van der Waals surface area contributed by atoms with E-state index in [-0.39, 0.29) is 0 Å². The van der Waals surface area contributed by atoms with Crippen molar-refractivity contribution in [3.8, 4) is 10.8 Å². The molecule has 0 saturated heterocycles. The predicted molar refractivity (Wildman–Crippen MR) is 58.1 cm³/mol. The van der Waals surface area contributed by atoms with Crippen LogP contribution in [0.25, 0.3) is 0 Å². The molecular weight excluding hydrogens is 251 g/mol. The van der Waals surface area contributed by atoms with Crippen LogP contribution in [-0.4, -0.2) is 8.07 Å². The normalized spacial score (nSPS) is 18.5. The second-order valence-corrected chi connectivity index (χ2v) is 12.2. The Kier molecular flexibility index (Phi) is 2.68. The van der Waals surface area contributed by atoms with Crippen LogP contribution in [0.5, 0.6) is 0 Å². The fourth-order valence-corrected chi connectivity index (χ4v) is 2.58. The summed E-state index contributed by atoms with van der Waals surface area (Å²) in [6.07, 6.45) is 0. The Labute approximate surface area is 88.0 Å². The van der Waals surface area contributed by atoms with Gasteiger partial charge in [-0.15, -0.1) is 5.54 Å². The highest BCUT2D eigenvalue weighted by atomic mass is 32.5. The second-order valence-electron chi connectivity index (χ2n) is 5.07. The van der Waals surface area contributed by atoms with Crippen LogP contribution in [0.2, 0.25) is 18.1 Å². The minimum Gasteiger partial charge on any atom is -0.111 e. The van der Waals surface area contributed by atoms with Gasteiger partial charge in [0.1, 0.15) is 8.07 Å². The van der Waals surface area contributed by atoms with Gasteiger partial charge in [-0.2, -0.15) is 0 Å². The van der Waals surface area contributed by atoms with Crippen LogP contribution in [-0.2, 0) is 0 Å². The Morgan fingerprint density at radius 1 is 0.933 bits per heavy atom. The van der Waals surface area contributed by atoms with E-state index in [1.807, 2.05) is 0 Å². The van der Waals surface area contributed by atoms with Crippen molar-refractivity contribution in [3.05, 3.63) is 0 Å². The van der Waals surface area contributed by atoms with Crippen LogP contribution in [0.1, 0.15) is 20.8 Å². The van der Waals surface area contributed by atoms with Gasteiger partial charge in [-0.1, -0.05) is 53.3 Å². The van der Waals surface area contributed by atoms with E-state index in [0.717, 1.165) is 0 Å². The highest BCUT2D eigenvalue weighted by Gasteiger charge is 2.62. The molecule has 0 amide bonds. The molecule has 0 spiro atoms. The molecule has 0 aliphatic rings. The highest BCUT2D eigenvalue weighted by Crippen LogP contribution is 2.97. The maximum absolute atomic E-state index is 12.0. The van der Waals surface area contributed by atoms with Crippen LogP contribution >= 0.6 is 10.2 Å². The lowest BCUT2D eigenvalue weighted by atomic mass is 10.2. The summed E-state index contributed by atoms with van der Waals surface area (Å²) in [4.78, 5) is 0. The average molecular weight is 266 g/mol. The molecule has 0 rings (SSSR count). The molecular formula is C8H15F5SSi. The molecule has 7 heteroatoms. The van der Waals surface area contributed by atoms with Gasteiger partial charge in [-0.05, 0) is 5.04 Å². The summed E-state index contributed by atoms with van der Waals surface area (Å²) < 4.78 is 59.9. The smallest absolute Gasteiger partial charge is 0.111 e. The van der Waals surface area contributed by atoms with Gasteiger partial charge in [0.05, 0.1) is 5.25 Å². The zero-order valence-corrected chi connectivity index (χ0v) is 11.1. The molecule has 0 bridgehead atoms. The van der Waals surface area contributed by atoms with Gasteiger partial charge in [0.2, 0.25) is 0 Å². The van der Waals surface area contributed by atoms with E-state index in [1.54, 1.807) is 39.4 Å². The van der Waals surface area contributed by atoms with E-state index >= 15 is 0 Å². The third kappa shape index (κ3) is 6.05. The Bertz CT molecular complexity index is 323. The summed E-state index contributed by atoms with van der Waals surface area (Å²) in [6, 6.07) is 0. The van der Waals surface area contributed by atoms with Crippen molar-refractivity contribution in [2.24, 2.45) is 0 Å². The lowest BCUT2D eigenvalue weighted by molar-refractivity contribution is 0.389. The molecule has 0 radical (unpaired) electrons.